The van der Waals surface area contributed by atoms with Crippen LogP contribution in [-0.4, -0.2) is 43.2 Å². The predicted molar refractivity (Wildman–Crippen MR) is 117 cm³/mol. The fourth-order valence-corrected chi connectivity index (χ4v) is 5.36. The third kappa shape index (κ3) is 3.23. The van der Waals surface area contributed by atoms with E-state index in [-0.39, 0.29) is 28.9 Å². The molecule has 0 spiro atoms. The third-order valence-electron chi connectivity index (χ3n) is 7.21. The lowest BCUT2D eigenvalue weighted by molar-refractivity contribution is 0.0698. The smallest absolute Gasteiger partial charge is 0.341 e. The highest BCUT2D eigenvalue weighted by atomic mass is 19.1. The second-order valence-electron chi connectivity index (χ2n) is 9.67. The number of carboxylic acid groups (broad SMARTS) is 1. The minimum Gasteiger partial charge on any atom is -0.477 e. The number of aromatic carboxylic acids is 1. The van der Waals surface area contributed by atoms with Crippen LogP contribution in [0, 0.1) is 23.1 Å². The van der Waals surface area contributed by atoms with Crippen molar-refractivity contribution in [3.8, 4) is 0 Å². The Bertz CT molecular complexity index is 1210. The molecule has 1 saturated carbocycles. The zero-order chi connectivity index (χ0) is 22.8. The van der Waals surface area contributed by atoms with E-state index in [1.807, 2.05) is 13.0 Å². The lowest BCUT2D eigenvalue weighted by Gasteiger charge is -2.33. The molecule has 2 aliphatic rings. The van der Waals surface area contributed by atoms with Crippen LogP contribution >= 0.6 is 0 Å². The Balaban J connectivity index is 1.59. The molecule has 3 aromatic rings. The Hall–Kier alpha value is -3.07. The molecule has 3 N–H and O–H groups in total. The largest absolute Gasteiger partial charge is 0.477 e. The summed E-state index contributed by atoms with van der Waals surface area (Å²) in [6.45, 7) is 7.22. The van der Waals surface area contributed by atoms with Crippen LogP contribution in [0.25, 0.3) is 5.65 Å². The van der Waals surface area contributed by atoms with Crippen LogP contribution in [0.1, 0.15) is 54.8 Å². The average molecular weight is 439 g/mol. The number of halogens is 1. The molecule has 1 aliphatic carbocycles. The van der Waals surface area contributed by atoms with E-state index in [9.17, 15) is 14.3 Å². The standard InChI is InChI=1S/C23H27FN6O2/c1-12(25)4-5-17-14(8-13(24)9-26-17)20-19-16(23(19,2)3)11-29(20)18-6-7-30-21(28-18)15(10-27-30)22(31)32/h6-10,12,16,19-20H,4-5,11,25H2,1-3H3,(H,31,32)/t12-,16?,19?,20?/m1/s1. The summed E-state index contributed by atoms with van der Waals surface area (Å²) in [5.41, 5.74) is 8.19. The van der Waals surface area contributed by atoms with Gasteiger partial charge in [-0.3, -0.25) is 4.98 Å². The molecule has 4 atom stereocenters. The van der Waals surface area contributed by atoms with E-state index in [0.717, 1.165) is 24.2 Å². The van der Waals surface area contributed by atoms with Gasteiger partial charge in [-0.25, -0.2) is 18.7 Å². The maximum Gasteiger partial charge on any atom is 0.341 e. The summed E-state index contributed by atoms with van der Waals surface area (Å²) < 4.78 is 15.8. The molecule has 3 aromatic heterocycles. The van der Waals surface area contributed by atoms with Crippen molar-refractivity contribution >= 4 is 17.4 Å². The second-order valence-corrected chi connectivity index (χ2v) is 9.67. The molecule has 3 unspecified atom stereocenters. The van der Waals surface area contributed by atoms with Crippen molar-refractivity contribution in [1.29, 1.82) is 0 Å². The van der Waals surface area contributed by atoms with E-state index in [4.69, 9.17) is 5.73 Å². The first-order chi connectivity index (χ1) is 15.2. The lowest BCUT2D eigenvalue weighted by atomic mass is 9.92. The predicted octanol–water partition coefficient (Wildman–Crippen LogP) is 3.07. The number of anilines is 1. The number of carbonyl (C=O) groups is 1. The Kier molecular flexibility index (Phi) is 4.70. The van der Waals surface area contributed by atoms with Crippen molar-refractivity contribution < 1.29 is 14.3 Å². The van der Waals surface area contributed by atoms with E-state index < -0.39 is 5.97 Å². The Labute approximate surface area is 185 Å². The van der Waals surface area contributed by atoms with Gasteiger partial charge in [-0.2, -0.15) is 5.10 Å². The SMILES string of the molecule is C[C@@H](N)CCc1ncc(F)cc1C1C2C(CN1c1ccn3ncc(C(=O)O)c3n1)C2(C)C. The van der Waals surface area contributed by atoms with Crippen LogP contribution in [-0.2, 0) is 6.42 Å². The van der Waals surface area contributed by atoms with Gasteiger partial charge in [0.15, 0.2) is 5.65 Å². The number of hydrogen-bond donors (Lipinski definition) is 2. The number of piperidine rings is 1. The number of fused-ring (bicyclic) bond motifs is 2. The van der Waals surface area contributed by atoms with Crippen LogP contribution in [0.2, 0.25) is 0 Å². The molecule has 1 aliphatic heterocycles. The van der Waals surface area contributed by atoms with Crippen LogP contribution in [0.15, 0.2) is 30.7 Å². The van der Waals surface area contributed by atoms with Crippen molar-refractivity contribution in [3.05, 3.63) is 53.4 Å². The summed E-state index contributed by atoms with van der Waals surface area (Å²) >= 11 is 0. The topological polar surface area (TPSA) is 110 Å². The molecule has 4 heterocycles. The first kappa shape index (κ1) is 20.8. The van der Waals surface area contributed by atoms with Crippen molar-refractivity contribution in [1.82, 2.24) is 19.6 Å². The van der Waals surface area contributed by atoms with Gasteiger partial charge in [0.2, 0.25) is 0 Å². The van der Waals surface area contributed by atoms with Crippen molar-refractivity contribution in [2.45, 2.75) is 45.7 Å². The van der Waals surface area contributed by atoms with Gasteiger partial charge >= 0.3 is 5.97 Å². The van der Waals surface area contributed by atoms with Gasteiger partial charge in [0.1, 0.15) is 17.2 Å². The lowest BCUT2D eigenvalue weighted by Crippen LogP contribution is -2.32. The van der Waals surface area contributed by atoms with Crippen molar-refractivity contribution in [2.24, 2.45) is 23.0 Å². The summed E-state index contributed by atoms with van der Waals surface area (Å²) in [4.78, 5) is 22.8. The van der Waals surface area contributed by atoms with Crippen molar-refractivity contribution in [2.75, 3.05) is 11.4 Å². The monoisotopic (exact) mass is 438 g/mol. The van der Waals surface area contributed by atoms with Gasteiger partial charge in [0, 0.05) is 24.5 Å². The van der Waals surface area contributed by atoms with Gasteiger partial charge in [0.25, 0.3) is 0 Å². The van der Waals surface area contributed by atoms with Gasteiger partial charge in [-0.15, -0.1) is 0 Å². The first-order valence-corrected chi connectivity index (χ1v) is 10.9. The van der Waals surface area contributed by atoms with Crippen LogP contribution in [0.3, 0.4) is 0 Å². The number of nitrogens with two attached hydrogens (primary N) is 1. The maximum absolute atomic E-state index is 14.4. The summed E-state index contributed by atoms with van der Waals surface area (Å²) in [5.74, 6) is 0.00904. The van der Waals surface area contributed by atoms with Crippen molar-refractivity contribution in [3.63, 3.8) is 0 Å². The highest BCUT2D eigenvalue weighted by molar-refractivity contribution is 5.94. The number of hydrogen-bond acceptors (Lipinski definition) is 6. The fraction of sp³-hybridized carbons (Fsp3) is 0.478. The third-order valence-corrected chi connectivity index (χ3v) is 7.21. The zero-order valence-electron chi connectivity index (χ0n) is 18.4. The molecule has 1 saturated heterocycles. The quantitative estimate of drug-likeness (QED) is 0.609. The first-order valence-electron chi connectivity index (χ1n) is 10.9. The average Bonchev–Trinajstić information content (AvgIpc) is 3.12. The Morgan fingerprint density at radius 3 is 2.91 bits per heavy atom. The number of aryl methyl sites for hydroxylation is 1. The molecule has 0 aromatic carbocycles. The number of pyridine rings is 1. The van der Waals surface area contributed by atoms with E-state index in [1.54, 1.807) is 12.3 Å². The molecule has 0 radical (unpaired) electrons. The summed E-state index contributed by atoms with van der Waals surface area (Å²) in [7, 11) is 0. The van der Waals surface area contributed by atoms with E-state index in [0.29, 0.717) is 29.7 Å². The molecule has 0 amide bonds. The minimum absolute atomic E-state index is 0.0277. The second kappa shape index (κ2) is 7.23. The molecule has 32 heavy (non-hydrogen) atoms. The highest BCUT2D eigenvalue weighted by Gasteiger charge is 2.67. The molecular weight excluding hydrogens is 411 g/mol. The van der Waals surface area contributed by atoms with Crippen LogP contribution in [0.4, 0.5) is 10.2 Å². The molecule has 2 fully saturated rings. The van der Waals surface area contributed by atoms with Gasteiger partial charge in [-0.05, 0) is 54.7 Å². The number of aromatic nitrogens is 4. The number of carboxylic acids is 1. The maximum atomic E-state index is 14.4. The minimum atomic E-state index is -1.07. The van der Waals surface area contributed by atoms with E-state index in [2.05, 4.69) is 33.8 Å². The molecule has 8 nitrogen and oxygen atoms in total. The van der Waals surface area contributed by atoms with Gasteiger partial charge < -0.3 is 15.7 Å². The fourth-order valence-electron chi connectivity index (χ4n) is 5.36. The van der Waals surface area contributed by atoms with Crippen LogP contribution in [0.5, 0.6) is 0 Å². The van der Waals surface area contributed by atoms with E-state index in [1.165, 1.54) is 16.9 Å². The normalized spacial score (nSPS) is 24.5. The summed E-state index contributed by atoms with van der Waals surface area (Å²) in [6.07, 6.45) is 5.73. The van der Waals surface area contributed by atoms with Gasteiger partial charge in [0.05, 0.1) is 18.4 Å². The molecule has 5 rings (SSSR count). The Morgan fingerprint density at radius 1 is 1.41 bits per heavy atom. The molecule has 9 heteroatoms. The highest BCUT2D eigenvalue weighted by Crippen LogP contribution is 2.69. The summed E-state index contributed by atoms with van der Waals surface area (Å²) in [6, 6.07) is 3.37. The van der Waals surface area contributed by atoms with Crippen LogP contribution < -0.4 is 10.6 Å². The number of rotatable bonds is 6. The molecular formula is C23H27FN6O2. The molecule has 0 bridgehead atoms. The number of nitrogens with zero attached hydrogens (tertiary/aromatic N) is 5. The Morgan fingerprint density at radius 2 is 2.19 bits per heavy atom. The van der Waals surface area contributed by atoms with Gasteiger partial charge in [-0.1, -0.05) is 13.8 Å². The zero-order valence-corrected chi connectivity index (χ0v) is 18.4. The molecule has 168 valence electrons. The van der Waals surface area contributed by atoms with E-state index >= 15 is 0 Å². The summed E-state index contributed by atoms with van der Waals surface area (Å²) in [5, 5.41) is 13.6.